The Kier molecular flexibility index (Phi) is 2.30. The third-order valence-corrected chi connectivity index (χ3v) is 2.40. The van der Waals surface area contributed by atoms with E-state index >= 15 is 0 Å². The Bertz CT molecular complexity index is 374. The highest BCUT2D eigenvalue weighted by molar-refractivity contribution is 7.90. The molecule has 0 aromatic carbocycles. The Morgan fingerprint density at radius 2 is 2.25 bits per heavy atom. The minimum atomic E-state index is -3.33. The Morgan fingerprint density at radius 1 is 1.58 bits per heavy atom. The Balaban J connectivity index is 3.33. The summed E-state index contributed by atoms with van der Waals surface area (Å²) >= 11 is 0. The summed E-state index contributed by atoms with van der Waals surface area (Å²) in [7, 11) is -3.33. The number of rotatable bonds is 2. The van der Waals surface area contributed by atoms with Gasteiger partial charge in [0.15, 0.2) is 15.7 Å². The zero-order chi connectivity index (χ0) is 9.19. The van der Waals surface area contributed by atoms with Gasteiger partial charge >= 0.3 is 0 Å². The van der Waals surface area contributed by atoms with Crippen molar-refractivity contribution in [2.24, 2.45) is 0 Å². The van der Waals surface area contributed by atoms with E-state index in [1.165, 1.54) is 18.3 Å². The van der Waals surface area contributed by atoms with E-state index in [1.54, 1.807) is 5.48 Å². The molecule has 0 aliphatic carbocycles. The third-order valence-electron chi connectivity index (χ3n) is 1.28. The van der Waals surface area contributed by atoms with Crippen LogP contribution < -0.4 is 5.48 Å². The lowest BCUT2D eigenvalue weighted by Crippen LogP contribution is -2.04. The molecule has 6 heteroatoms. The SMILES string of the molecule is CS(=O)(=O)c1cccnc1NO. The van der Waals surface area contributed by atoms with Crippen molar-refractivity contribution in [3.05, 3.63) is 18.3 Å². The van der Waals surface area contributed by atoms with Crippen molar-refractivity contribution < 1.29 is 13.6 Å². The van der Waals surface area contributed by atoms with Gasteiger partial charge in [0, 0.05) is 12.5 Å². The second-order valence-electron chi connectivity index (χ2n) is 2.23. The highest BCUT2D eigenvalue weighted by atomic mass is 32.2. The number of hydrogen-bond donors (Lipinski definition) is 2. The van der Waals surface area contributed by atoms with Crippen molar-refractivity contribution in [3.8, 4) is 0 Å². The zero-order valence-electron chi connectivity index (χ0n) is 6.35. The van der Waals surface area contributed by atoms with Gasteiger partial charge in [-0.15, -0.1) is 0 Å². The molecule has 1 aromatic rings. The molecule has 5 nitrogen and oxygen atoms in total. The van der Waals surface area contributed by atoms with E-state index in [0.29, 0.717) is 0 Å². The fourth-order valence-electron chi connectivity index (χ4n) is 0.774. The van der Waals surface area contributed by atoms with Gasteiger partial charge in [-0.05, 0) is 12.1 Å². The fraction of sp³-hybridized carbons (Fsp3) is 0.167. The molecule has 0 saturated heterocycles. The zero-order valence-corrected chi connectivity index (χ0v) is 7.17. The van der Waals surface area contributed by atoms with Crippen molar-refractivity contribution >= 4 is 15.7 Å². The van der Waals surface area contributed by atoms with Gasteiger partial charge in [-0.1, -0.05) is 0 Å². The monoisotopic (exact) mass is 188 g/mol. The Hall–Kier alpha value is -1.14. The smallest absolute Gasteiger partial charge is 0.179 e. The van der Waals surface area contributed by atoms with Gasteiger partial charge in [0.2, 0.25) is 0 Å². The minimum absolute atomic E-state index is 0.0208. The maximum Gasteiger partial charge on any atom is 0.179 e. The topological polar surface area (TPSA) is 79.3 Å². The molecular weight excluding hydrogens is 180 g/mol. The van der Waals surface area contributed by atoms with Crippen LogP contribution in [0.25, 0.3) is 0 Å². The van der Waals surface area contributed by atoms with E-state index in [0.717, 1.165) is 6.26 Å². The molecular formula is C6H8N2O3S. The van der Waals surface area contributed by atoms with Gasteiger partial charge < -0.3 is 0 Å². The van der Waals surface area contributed by atoms with E-state index in [2.05, 4.69) is 4.98 Å². The molecule has 0 saturated carbocycles. The molecule has 0 amide bonds. The minimum Gasteiger partial charge on any atom is -0.290 e. The standard InChI is InChI=1S/C6H8N2O3S/c1-12(10,11)5-3-2-4-7-6(5)8-9/h2-4,9H,1H3,(H,7,8). The highest BCUT2D eigenvalue weighted by Gasteiger charge is 2.12. The summed E-state index contributed by atoms with van der Waals surface area (Å²) in [6.07, 6.45) is 2.43. The highest BCUT2D eigenvalue weighted by Crippen LogP contribution is 2.16. The molecule has 0 aliphatic rings. The first kappa shape index (κ1) is 8.95. The van der Waals surface area contributed by atoms with Crippen molar-refractivity contribution in [1.29, 1.82) is 0 Å². The van der Waals surface area contributed by atoms with Crippen LogP contribution in [-0.4, -0.2) is 24.9 Å². The lowest BCUT2D eigenvalue weighted by molar-refractivity contribution is 0.383. The number of sulfone groups is 1. The lowest BCUT2D eigenvalue weighted by Gasteiger charge is -2.02. The van der Waals surface area contributed by atoms with Crippen LogP contribution >= 0.6 is 0 Å². The van der Waals surface area contributed by atoms with Gasteiger partial charge in [-0.2, -0.15) is 0 Å². The number of pyridine rings is 1. The van der Waals surface area contributed by atoms with Crippen LogP contribution in [0.1, 0.15) is 0 Å². The second-order valence-corrected chi connectivity index (χ2v) is 4.22. The maximum absolute atomic E-state index is 11.0. The van der Waals surface area contributed by atoms with Crippen LogP contribution in [0.3, 0.4) is 0 Å². The summed E-state index contributed by atoms with van der Waals surface area (Å²) in [6, 6.07) is 2.85. The molecule has 66 valence electrons. The van der Waals surface area contributed by atoms with E-state index in [9.17, 15) is 8.42 Å². The summed E-state index contributed by atoms with van der Waals surface area (Å²) in [6.45, 7) is 0. The molecule has 0 fully saturated rings. The van der Waals surface area contributed by atoms with Gasteiger partial charge in [-0.25, -0.2) is 13.4 Å². The van der Waals surface area contributed by atoms with Crippen molar-refractivity contribution in [3.63, 3.8) is 0 Å². The lowest BCUT2D eigenvalue weighted by atomic mass is 10.5. The molecule has 0 spiro atoms. The number of aromatic nitrogens is 1. The first-order valence-corrected chi connectivity index (χ1v) is 5.00. The molecule has 0 aliphatic heterocycles. The number of hydrogen-bond acceptors (Lipinski definition) is 5. The van der Waals surface area contributed by atoms with Crippen LogP contribution in [0.2, 0.25) is 0 Å². The van der Waals surface area contributed by atoms with Gasteiger partial charge in [0.1, 0.15) is 4.90 Å². The molecule has 1 heterocycles. The molecule has 12 heavy (non-hydrogen) atoms. The summed E-state index contributed by atoms with van der Waals surface area (Å²) in [4.78, 5) is 3.60. The number of anilines is 1. The Morgan fingerprint density at radius 3 is 2.67 bits per heavy atom. The number of nitrogens with one attached hydrogen (secondary N) is 1. The van der Waals surface area contributed by atoms with Crippen LogP contribution in [0.4, 0.5) is 5.82 Å². The van der Waals surface area contributed by atoms with E-state index in [-0.39, 0.29) is 10.7 Å². The first-order valence-electron chi connectivity index (χ1n) is 3.11. The fourth-order valence-corrected chi connectivity index (χ4v) is 1.55. The van der Waals surface area contributed by atoms with Gasteiger partial charge in [0.05, 0.1) is 0 Å². The normalized spacial score (nSPS) is 11.2. The van der Waals surface area contributed by atoms with Crippen molar-refractivity contribution in [2.45, 2.75) is 4.90 Å². The van der Waals surface area contributed by atoms with E-state index < -0.39 is 9.84 Å². The summed E-state index contributed by atoms with van der Waals surface area (Å²) in [5, 5.41) is 8.50. The molecule has 1 aromatic heterocycles. The molecule has 0 bridgehead atoms. The molecule has 2 N–H and O–H groups in total. The second kappa shape index (κ2) is 3.08. The van der Waals surface area contributed by atoms with Crippen LogP contribution in [0.15, 0.2) is 23.2 Å². The average Bonchev–Trinajstić information content (AvgIpc) is 2.03. The maximum atomic E-state index is 11.0. The Labute approximate surface area is 69.9 Å². The number of nitrogens with zero attached hydrogens (tertiary/aromatic N) is 1. The van der Waals surface area contributed by atoms with Crippen LogP contribution in [0, 0.1) is 0 Å². The van der Waals surface area contributed by atoms with Gasteiger partial charge in [-0.3, -0.25) is 10.7 Å². The first-order chi connectivity index (χ1) is 5.55. The predicted octanol–water partition coefficient (Wildman–Crippen LogP) is 0.286. The van der Waals surface area contributed by atoms with E-state index in [4.69, 9.17) is 5.21 Å². The summed E-state index contributed by atoms with van der Waals surface area (Å²) in [5.74, 6) is -0.0556. The van der Waals surface area contributed by atoms with Crippen LogP contribution in [0.5, 0.6) is 0 Å². The quantitative estimate of drug-likeness (QED) is 0.652. The molecule has 1 rings (SSSR count). The molecule has 0 unspecified atom stereocenters. The van der Waals surface area contributed by atoms with Crippen LogP contribution in [-0.2, 0) is 9.84 Å². The van der Waals surface area contributed by atoms with E-state index in [1.807, 2.05) is 0 Å². The third kappa shape index (κ3) is 1.72. The molecule has 0 atom stereocenters. The summed E-state index contributed by atoms with van der Waals surface area (Å²) in [5.41, 5.74) is 1.71. The summed E-state index contributed by atoms with van der Waals surface area (Å²) < 4.78 is 22.0. The predicted molar refractivity (Wildman–Crippen MR) is 42.8 cm³/mol. The van der Waals surface area contributed by atoms with Gasteiger partial charge in [0.25, 0.3) is 0 Å². The van der Waals surface area contributed by atoms with Crippen molar-refractivity contribution in [2.75, 3.05) is 11.7 Å². The largest absolute Gasteiger partial charge is 0.290 e. The average molecular weight is 188 g/mol. The molecule has 0 radical (unpaired) electrons. The van der Waals surface area contributed by atoms with Crippen molar-refractivity contribution in [1.82, 2.24) is 4.98 Å².